The van der Waals surface area contributed by atoms with Crippen molar-refractivity contribution in [2.24, 2.45) is 0 Å². The maximum Gasteiger partial charge on any atom is 0.155 e. The van der Waals surface area contributed by atoms with Gasteiger partial charge in [0.2, 0.25) is 0 Å². The second-order valence-corrected chi connectivity index (χ2v) is 5.88. The Kier molecular flexibility index (Phi) is 2.53. The highest BCUT2D eigenvalue weighted by atomic mass is 32.2. The van der Waals surface area contributed by atoms with Crippen molar-refractivity contribution in [3.8, 4) is 0 Å². The van der Waals surface area contributed by atoms with Crippen molar-refractivity contribution in [2.75, 3.05) is 0 Å². The van der Waals surface area contributed by atoms with Gasteiger partial charge < -0.3 is 0 Å². The van der Waals surface area contributed by atoms with E-state index in [4.69, 9.17) is 0 Å². The largest absolute Gasteiger partial charge is 0.298 e. The van der Waals surface area contributed by atoms with E-state index >= 15 is 0 Å². The molecule has 0 saturated carbocycles. The summed E-state index contributed by atoms with van der Waals surface area (Å²) in [6.45, 7) is 0. The van der Waals surface area contributed by atoms with Gasteiger partial charge >= 0.3 is 0 Å². The standard InChI is InChI=1S/C12H9NOS2/c14-10-7-8-3-1-2-4-9(8)11(10)16-12-13-5-6-15-12/h1-6,11H,7H2. The van der Waals surface area contributed by atoms with E-state index < -0.39 is 0 Å². The van der Waals surface area contributed by atoms with Crippen molar-refractivity contribution in [3.63, 3.8) is 0 Å². The molecule has 0 N–H and O–H groups in total. The van der Waals surface area contributed by atoms with Crippen LogP contribution in [0.25, 0.3) is 0 Å². The molecule has 1 aliphatic carbocycles. The molecule has 4 heteroatoms. The fourth-order valence-corrected chi connectivity index (χ4v) is 3.84. The van der Waals surface area contributed by atoms with Gasteiger partial charge in [-0.2, -0.15) is 0 Å². The zero-order valence-electron chi connectivity index (χ0n) is 8.42. The SMILES string of the molecule is O=C1Cc2ccccc2C1Sc1nccs1. The first kappa shape index (κ1) is 10.1. The summed E-state index contributed by atoms with van der Waals surface area (Å²) in [6.07, 6.45) is 2.34. The average Bonchev–Trinajstić information content (AvgIpc) is 2.89. The van der Waals surface area contributed by atoms with Crippen molar-refractivity contribution >= 4 is 28.9 Å². The number of fused-ring (bicyclic) bond motifs is 1. The minimum absolute atomic E-state index is 0.0534. The molecule has 0 fully saturated rings. The van der Waals surface area contributed by atoms with Crippen LogP contribution in [0.3, 0.4) is 0 Å². The first-order valence-electron chi connectivity index (χ1n) is 5.01. The molecule has 3 rings (SSSR count). The van der Waals surface area contributed by atoms with Crippen LogP contribution in [-0.4, -0.2) is 10.8 Å². The first-order valence-corrected chi connectivity index (χ1v) is 6.77. The molecule has 2 nitrogen and oxygen atoms in total. The maximum atomic E-state index is 11.9. The summed E-state index contributed by atoms with van der Waals surface area (Å²) in [7, 11) is 0. The summed E-state index contributed by atoms with van der Waals surface area (Å²) in [5, 5.41) is 1.88. The molecular weight excluding hydrogens is 238 g/mol. The topological polar surface area (TPSA) is 30.0 Å². The smallest absolute Gasteiger partial charge is 0.155 e. The molecule has 1 unspecified atom stereocenters. The third-order valence-corrected chi connectivity index (χ3v) is 4.82. The van der Waals surface area contributed by atoms with Gasteiger partial charge in [-0.25, -0.2) is 4.98 Å². The number of carbonyl (C=O) groups is 1. The number of benzene rings is 1. The van der Waals surface area contributed by atoms with Crippen molar-refractivity contribution in [1.29, 1.82) is 0 Å². The fraction of sp³-hybridized carbons (Fsp3) is 0.167. The number of aromatic nitrogens is 1. The van der Waals surface area contributed by atoms with Gasteiger partial charge in [0.25, 0.3) is 0 Å². The van der Waals surface area contributed by atoms with Gasteiger partial charge in [-0.15, -0.1) is 11.3 Å². The lowest BCUT2D eigenvalue weighted by atomic mass is 10.1. The summed E-state index contributed by atoms with van der Waals surface area (Å²) in [5.74, 6) is 0.293. The molecule has 1 aromatic heterocycles. The predicted octanol–water partition coefficient (Wildman–Crippen LogP) is 3.10. The van der Waals surface area contributed by atoms with Crippen LogP contribution >= 0.6 is 23.1 Å². The molecule has 1 aliphatic rings. The van der Waals surface area contributed by atoms with E-state index in [1.807, 2.05) is 29.6 Å². The van der Waals surface area contributed by atoms with Crippen LogP contribution in [0.15, 0.2) is 40.2 Å². The van der Waals surface area contributed by atoms with Crippen LogP contribution in [0.4, 0.5) is 0 Å². The fourth-order valence-electron chi connectivity index (χ4n) is 1.90. The maximum absolute atomic E-state index is 11.9. The predicted molar refractivity (Wildman–Crippen MR) is 65.9 cm³/mol. The van der Waals surface area contributed by atoms with Gasteiger partial charge in [0.1, 0.15) is 0 Å². The number of nitrogens with zero attached hydrogens (tertiary/aromatic N) is 1. The van der Waals surface area contributed by atoms with Crippen molar-refractivity contribution in [2.45, 2.75) is 16.0 Å². The number of hydrogen-bond acceptors (Lipinski definition) is 4. The molecule has 2 aromatic rings. The van der Waals surface area contributed by atoms with Crippen molar-refractivity contribution < 1.29 is 4.79 Å². The lowest BCUT2D eigenvalue weighted by Gasteiger charge is -2.06. The molecule has 0 aliphatic heterocycles. The van der Waals surface area contributed by atoms with E-state index in [0.717, 1.165) is 9.90 Å². The Morgan fingerprint density at radius 1 is 1.38 bits per heavy atom. The van der Waals surface area contributed by atoms with E-state index in [9.17, 15) is 4.79 Å². The Labute approximate surface area is 102 Å². The number of carbonyl (C=O) groups excluding carboxylic acids is 1. The number of rotatable bonds is 2. The number of thioether (sulfide) groups is 1. The monoisotopic (exact) mass is 247 g/mol. The van der Waals surface area contributed by atoms with Crippen molar-refractivity contribution in [1.82, 2.24) is 4.98 Å². The highest BCUT2D eigenvalue weighted by molar-refractivity contribution is 8.01. The Morgan fingerprint density at radius 2 is 2.25 bits per heavy atom. The Morgan fingerprint density at radius 3 is 3.06 bits per heavy atom. The Bertz CT molecular complexity index is 522. The van der Waals surface area contributed by atoms with Crippen LogP contribution in [0.1, 0.15) is 16.4 Å². The first-order chi connectivity index (χ1) is 7.84. The molecule has 1 atom stereocenters. The molecule has 0 amide bonds. The van der Waals surface area contributed by atoms with E-state index in [1.165, 1.54) is 5.56 Å². The zero-order valence-corrected chi connectivity index (χ0v) is 10.1. The lowest BCUT2D eigenvalue weighted by molar-refractivity contribution is -0.117. The quantitative estimate of drug-likeness (QED) is 0.816. The van der Waals surface area contributed by atoms with Crippen LogP contribution in [0, 0.1) is 0 Å². The molecule has 16 heavy (non-hydrogen) atoms. The highest BCUT2D eigenvalue weighted by Gasteiger charge is 2.31. The minimum Gasteiger partial charge on any atom is -0.298 e. The molecule has 80 valence electrons. The summed E-state index contributed by atoms with van der Waals surface area (Å²) in [5.41, 5.74) is 2.33. The molecule has 1 aromatic carbocycles. The third kappa shape index (κ3) is 1.68. The Hall–Kier alpha value is -1.13. The molecule has 0 saturated heterocycles. The number of hydrogen-bond donors (Lipinski definition) is 0. The van der Waals surface area contributed by atoms with Gasteiger partial charge in [-0.3, -0.25) is 4.79 Å². The zero-order chi connectivity index (χ0) is 11.0. The lowest BCUT2D eigenvalue weighted by Crippen LogP contribution is -2.01. The van der Waals surface area contributed by atoms with Gasteiger partial charge in [-0.1, -0.05) is 36.0 Å². The van der Waals surface area contributed by atoms with Gasteiger partial charge in [0, 0.05) is 18.0 Å². The van der Waals surface area contributed by atoms with E-state index in [0.29, 0.717) is 12.2 Å². The molecule has 0 radical (unpaired) electrons. The van der Waals surface area contributed by atoms with Crippen LogP contribution in [-0.2, 0) is 11.2 Å². The molecule has 1 heterocycles. The summed E-state index contributed by atoms with van der Waals surface area (Å²) in [6, 6.07) is 8.07. The van der Waals surface area contributed by atoms with Crippen LogP contribution in [0.2, 0.25) is 0 Å². The normalized spacial score (nSPS) is 18.8. The average molecular weight is 247 g/mol. The van der Waals surface area contributed by atoms with Gasteiger partial charge in [-0.05, 0) is 11.1 Å². The third-order valence-electron chi connectivity index (χ3n) is 2.62. The summed E-state index contributed by atoms with van der Waals surface area (Å²) in [4.78, 5) is 16.1. The van der Waals surface area contributed by atoms with Crippen molar-refractivity contribution in [3.05, 3.63) is 47.0 Å². The summed E-state index contributed by atoms with van der Waals surface area (Å²) >= 11 is 3.15. The molecular formula is C12H9NOS2. The van der Waals surface area contributed by atoms with E-state index in [-0.39, 0.29) is 5.25 Å². The van der Waals surface area contributed by atoms with E-state index in [1.54, 1.807) is 29.3 Å². The Balaban J connectivity index is 1.93. The molecule has 0 spiro atoms. The second-order valence-electron chi connectivity index (χ2n) is 3.64. The number of ketones is 1. The van der Waals surface area contributed by atoms with E-state index in [2.05, 4.69) is 4.98 Å². The summed E-state index contributed by atoms with van der Waals surface area (Å²) < 4.78 is 0.968. The van der Waals surface area contributed by atoms with Gasteiger partial charge in [0.05, 0.1) is 5.25 Å². The molecule has 0 bridgehead atoms. The highest BCUT2D eigenvalue weighted by Crippen LogP contribution is 2.42. The number of thiazole rings is 1. The number of Topliss-reactive ketones (excluding diaryl/α,β-unsaturated/α-hetero) is 1. The van der Waals surface area contributed by atoms with Crippen LogP contribution in [0.5, 0.6) is 0 Å². The minimum atomic E-state index is -0.0534. The van der Waals surface area contributed by atoms with Gasteiger partial charge in [0.15, 0.2) is 10.1 Å². The second kappa shape index (κ2) is 4.03. The van der Waals surface area contributed by atoms with Crippen LogP contribution < -0.4 is 0 Å².